The average molecular weight is 409 g/mol. The summed E-state index contributed by atoms with van der Waals surface area (Å²) in [6.45, 7) is 0.0414. The summed E-state index contributed by atoms with van der Waals surface area (Å²) in [4.78, 5) is 20.1. The number of hydrogen-bond donors (Lipinski definition) is 5. The zero-order valence-electron chi connectivity index (χ0n) is 15.1. The van der Waals surface area contributed by atoms with Gasteiger partial charge in [0, 0.05) is 6.04 Å². The third-order valence-corrected chi connectivity index (χ3v) is 6.75. The van der Waals surface area contributed by atoms with E-state index < -0.39 is 32.4 Å². The molecule has 0 bridgehead atoms. The molecule has 4 aliphatic rings. The highest BCUT2D eigenvalue weighted by Crippen LogP contribution is 2.58. The van der Waals surface area contributed by atoms with Gasteiger partial charge in [-0.05, 0) is 12.8 Å². The Kier molecular flexibility index (Phi) is 4.63. The summed E-state index contributed by atoms with van der Waals surface area (Å²) in [6, 6.07) is 0.337. The number of nitrogen functional groups attached to an aromatic ring is 1. The van der Waals surface area contributed by atoms with Crippen molar-refractivity contribution < 1.29 is 23.8 Å². The molecule has 1 aromatic heterocycles. The number of nitrogens with zero attached hydrogens (tertiary/aromatic N) is 3. The fourth-order valence-electron chi connectivity index (χ4n) is 4.36. The van der Waals surface area contributed by atoms with Crippen LogP contribution in [0.4, 0.5) is 17.3 Å². The van der Waals surface area contributed by atoms with Crippen LogP contribution in [0.15, 0.2) is 6.33 Å². The van der Waals surface area contributed by atoms with Crippen LogP contribution in [-0.4, -0.2) is 71.0 Å². The number of nitrogens with two attached hydrogens (primary N) is 1. The van der Waals surface area contributed by atoms with Crippen molar-refractivity contribution in [2.24, 2.45) is 0 Å². The number of anilines is 3. The molecule has 13 heteroatoms. The van der Waals surface area contributed by atoms with Crippen LogP contribution in [0.25, 0.3) is 0 Å². The molecule has 1 aromatic rings. The van der Waals surface area contributed by atoms with Gasteiger partial charge in [0.05, 0.1) is 0 Å². The summed E-state index contributed by atoms with van der Waals surface area (Å²) < 4.78 is 16.6. The lowest BCUT2D eigenvalue weighted by Gasteiger charge is -2.34. The molecule has 0 spiro atoms. The zero-order chi connectivity index (χ0) is 19.5. The first-order chi connectivity index (χ1) is 13.4. The van der Waals surface area contributed by atoms with E-state index in [1.165, 1.54) is 19.2 Å². The highest BCUT2D eigenvalue weighted by atomic mass is 31.2. The Morgan fingerprint density at radius 1 is 1.36 bits per heavy atom. The summed E-state index contributed by atoms with van der Waals surface area (Å²) in [5.74, 6) is 0.849. The maximum absolute atomic E-state index is 10.9. The largest absolute Gasteiger partial charge is 0.488 e. The van der Waals surface area contributed by atoms with Crippen molar-refractivity contribution in [3.8, 4) is 0 Å². The number of fused-ring (bicyclic) bond motifs is 2. The van der Waals surface area contributed by atoms with Crippen molar-refractivity contribution in [1.29, 1.82) is 0 Å². The first-order valence-corrected chi connectivity index (χ1v) is 11.1. The van der Waals surface area contributed by atoms with Gasteiger partial charge in [-0.25, -0.2) is 14.9 Å². The number of aliphatic hydroxyl groups excluding tert-OH is 1. The van der Waals surface area contributed by atoms with E-state index in [1.54, 1.807) is 0 Å². The lowest BCUT2D eigenvalue weighted by atomic mass is 10.1. The van der Waals surface area contributed by atoms with E-state index in [1.807, 2.05) is 4.90 Å². The molecule has 28 heavy (non-hydrogen) atoms. The molecule has 150 valence electrons. The molecule has 0 amide bonds. The van der Waals surface area contributed by atoms with Gasteiger partial charge in [0.2, 0.25) is 0 Å². The van der Waals surface area contributed by atoms with Gasteiger partial charge in [-0.2, -0.15) is 9.05 Å². The molecule has 2 radical (unpaired) electrons. The number of nitrogens with one attached hydrogen (secondary N) is 2. The quantitative estimate of drug-likeness (QED) is 0.324. The molecular weight excluding hydrogens is 386 g/mol. The van der Waals surface area contributed by atoms with E-state index >= 15 is 0 Å². The predicted octanol–water partition coefficient (Wildman–Crippen LogP) is -0.554. The number of ether oxygens (including phenoxy) is 1. The second-order valence-corrected chi connectivity index (χ2v) is 9.14. The molecule has 5 unspecified atom stereocenters. The Bertz CT molecular complexity index is 756. The summed E-state index contributed by atoms with van der Waals surface area (Å²) in [6.07, 6.45) is 2.28. The number of aliphatic hydroxyl groups is 1. The third-order valence-electron chi connectivity index (χ3n) is 5.69. The molecule has 5 rings (SSSR count). The van der Waals surface area contributed by atoms with Crippen molar-refractivity contribution in [2.75, 3.05) is 22.6 Å². The molecular formula is C15H23BN6O5P+. The van der Waals surface area contributed by atoms with Crippen LogP contribution in [0.2, 0.25) is 0 Å². The predicted molar refractivity (Wildman–Crippen MR) is 102 cm³/mol. The monoisotopic (exact) mass is 409 g/mol. The lowest BCUT2D eigenvalue weighted by molar-refractivity contribution is -0.0453. The fraction of sp³-hybridized carbons (Fsp3) is 0.733. The first kappa shape index (κ1) is 18.7. The average Bonchev–Trinajstić information content (AvgIpc) is 3.35. The van der Waals surface area contributed by atoms with Gasteiger partial charge in [-0.15, -0.1) is 0 Å². The van der Waals surface area contributed by atoms with Gasteiger partial charge in [0.25, 0.3) is 0 Å². The normalized spacial score (nSPS) is 40.4. The lowest BCUT2D eigenvalue weighted by Crippen LogP contribution is -2.57. The number of hydrogen-bond acceptors (Lipinski definition) is 11. The van der Waals surface area contributed by atoms with Gasteiger partial charge < -0.3 is 20.9 Å². The Labute approximate surface area is 163 Å². The molecule has 4 heterocycles. The van der Waals surface area contributed by atoms with Crippen molar-refractivity contribution in [3.05, 3.63) is 6.33 Å². The zero-order valence-corrected chi connectivity index (χ0v) is 16.0. The van der Waals surface area contributed by atoms with Gasteiger partial charge in [0.1, 0.15) is 30.8 Å². The maximum Gasteiger partial charge on any atom is 0.488 e. The molecule has 3 fully saturated rings. The SMILES string of the molecule is [B][P+]1(O)OCC2OC(N3c4ncnc(N)c4NC3NC3CCCC3)C(O)[C@@H]2O1. The number of rotatable bonds is 3. The minimum atomic E-state index is -3.45. The van der Waals surface area contributed by atoms with Crippen LogP contribution >= 0.6 is 7.82 Å². The van der Waals surface area contributed by atoms with Gasteiger partial charge in [-0.1, -0.05) is 12.8 Å². The fourth-order valence-corrected chi connectivity index (χ4v) is 5.39. The Morgan fingerprint density at radius 2 is 2.14 bits per heavy atom. The third kappa shape index (κ3) is 3.13. The van der Waals surface area contributed by atoms with E-state index in [-0.39, 0.29) is 12.9 Å². The first-order valence-electron chi connectivity index (χ1n) is 9.41. The van der Waals surface area contributed by atoms with Gasteiger partial charge in [-0.3, -0.25) is 10.2 Å². The molecule has 1 aliphatic carbocycles. The van der Waals surface area contributed by atoms with E-state index in [2.05, 4.69) is 20.6 Å². The van der Waals surface area contributed by atoms with Gasteiger partial charge >= 0.3 is 15.4 Å². The second kappa shape index (κ2) is 6.91. The highest BCUT2D eigenvalue weighted by molar-refractivity contribution is 7.85. The van der Waals surface area contributed by atoms with Crippen molar-refractivity contribution in [1.82, 2.24) is 15.3 Å². The topological polar surface area (TPSA) is 147 Å². The Balaban J connectivity index is 1.44. The minimum absolute atomic E-state index is 0.0414. The summed E-state index contributed by atoms with van der Waals surface area (Å²) in [5.41, 5.74) is 6.62. The van der Waals surface area contributed by atoms with Crippen molar-refractivity contribution in [2.45, 2.75) is 62.6 Å². The smallest absolute Gasteiger partial charge is 0.385 e. The molecule has 6 N–H and O–H groups in total. The Hall–Kier alpha value is -1.27. The second-order valence-electron chi connectivity index (χ2n) is 7.55. The van der Waals surface area contributed by atoms with Crippen LogP contribution in [0.5, 0.6) is 0 Å². The maximum atomic E-state index is 10.9. The highest BCUT2D eigenvalue weighted by Gasteiger charge is 2.59. The standard InChI is InChI=1S/C15H23BN6O5P/c16-28(24)25-5-8-11(27-28)10(23)14(26-8)22-13-9(12(17)18-6-19-13)21-15(22)20-7-3-1-2-4-7/h6-8,10-11,14-15,20-21,23-24H,1-5H2,(H2,17,18,19)/q+1/t8?,10?,11-,14?,15?,28?/m1/s1. The van der Waals surface area contributed by atoms with E-state index in [4.69, 9.17) is 27.1 Å². The van der Waals surface area contributed by atoms with Crippen LogP contribution in [-0.2, 0) is 13.8 Å². The van der Waals surface area contributed by atoms with Crippen LogP contribution in [0.1, 0.15) is 25.7 Å². The molecule has 0 aromatic carbocycles. The van der Waals surface area contributed by atoms with E-state index in [9.17, 15) is 10.00 Å². The van der Waals surface area contributed by atoms with Gasteiger partial charge in [0.15, 0.2) is 30.3 Å². The Morgan fingerprint density at radius 3 is 2.93 bits per heavy atom. The van der Waals surface area contributed by atoms with Crippen LogP contribution in [0.3, 0.4) is 0 Å². The minimum Gasteiger partial charge on any atom is -0.385 e. The molecule has 11 nitrogen and oxygen atoms in total. The molecule has 6 atom stereocenters. The summed E-state index contributed by atoms with van der Waals surface area (Å²) in [7, 11) is 2.16. The summed E-state index contributed by atoms with van der Waals surface area (Å²) in [5, 5.41) is 17.8. The van der Waals surface area contributed by atoms with Crippen LogP contribution in [0, 0.1) is 0 Å². The summed E-state index contributed by atoms with van der Waals surface area (Å²) >= 11 is 0. The van der Waals surface area contributed by atoms with Crippen LogP contribution < -0.4 is 21.3 Å². The molecule has 3 aliphatic heterocycles. The number of aromatic nitrogens is 2. The van der Waals surface area contributed by atoms with E-state index in [0.29, 0.717) is 23.4 Å². The van der Waals surface area contributed by atoms with E-state index in [0.717, 1.165) is 12.8 Å². The molecule has 1 saturated carbocycles. The van der Waals surface area contributed by atoms with Crippen molar-refractivity contribution in [3.63, 3.8) is 0 Å². The molecule has 2 saturated heterocycles. The van der Waals surface area contributed by atoms with Crippen molar-refractivity contribution >= 4 is 32.7 Å².